The first-order valence-electron chi connectivity index (χ1n) is 7.31. The molecule has 1 aromatic heterocycles. The Morgan fingerprint density at radius 3 is 2.86 bits per heavy atom. The summed E-state index contributed by atoms with van der Waals surface area (Å²) in [7, 11) is -0.927. The van der Waals surface area contributed by atoms with Crippen LogP contribution in [0.2, 0.25) is 0 Å². The molecular formula is C15H21N3O2S. The second kappa shape index (κ2) is 5.42. The molecule has 1 saturated heterocycles. The average Bonchev–Trinajstić information content (AvgIpc) is 2.97. The minimum atomic E-state index is -2.86. The molecule has 2 unspecified atom stereocenters. The summed E-state index contributed by atoms with van der Waals surface area (Å²) in [6.07, 6.45) is 1.48. The van der Waals surface area contributed by atoms with E-state index in [1.54, 1.807) is 0 Å². The molecular weight excluding hydrogens is 286 g/mol. The van der Waals surface area contributed by atoms with Crippen LogP contribution in [0.15, 0.2) is 24.3 Å². The third-order valence-corrected chi connectivity index (χ3v) is 6.32. The van der Waals surface area contributed by atoms with Gasteiger partial charge in [-0.05, 0) is 37.3 Å². The van der Waals surface area contributed by atoms with Gasteiger partial charge in [0.25, 0.3) is 0 Å². The predicted molar refractivity (Wildman–Crippen MR) is 83.7 cm³/mol. The number of nitrogens with two attached hydrogens (primary N) is 1. The summed E-state index contributed by atoms with van der Waals surface area (Å²) in [5, 5.41) is 5.74. The number of rotatable bonds is 4. The van der Waals surface area contributed by atoms with Crippen LogP contribution in [0.1, 0.15) is 12.1 Å². The minimum absolute atomic E-state index is 0.167. The Morgan fingerprint density at radius 1 is 1.43 bits per heavy atom. The zero-order valence-corrected chi connectivity index (χ0v) is 13.0. The van der Waals surface area contributed by atoms with Crippen molar-refractivity contribution in [3.63, 3.8) is 0 Å². The van der Waals surface area contributed by atoms with Crippen molar-refractivity contribution in [2.24, 2.45) is 24.6 Å². The van der Waals surface area contributed by atoms with Gasteiger partial charge in [0, 0.05) is 12.4 Å². The highest BCUT2D eigenvalue weighted by molar-refractivity contribution is 7.91. The highest BCUT2D eigenvalue weighted by Gasteiger charge is 2.33. The molecule has 1 fully saturated rings. The normalized spacial score (nSPS) is 22.7. The zero-order valence-electron chi connectivity index (χ0n) is 12.2. The number of hydrogen-bond acceptors (Lipinski definition) is 4. The lowest BCUT2D eigenvalue weighted by atomic mass is 9.87. The highest BCUT2D eigenvalue weighted by Crippen LogP contribution is 2.29. The molecule has 0 amide bonds. The molecule has 114 valence electrons. The van der Waals surface area contributed by atoms with Gasteiger partial charge in [0.05, 0.1) is 22.7 Å². The number of para-hydroxylation sites is 1. The molecule has 2 aromatic rings. The fourth-order valence-corrected chi connectivity index (χ4v) is 5.25. The minimum Gasteiger partial charge on any atom is -0.330 e. The van der Waals surface area contributed by atoms with Crippen molar-refractivity contribution >= 4 is 20.7 Å². The smallest absolute Gasteiger partial charge is 0.150 e. The number of sulfone groups is 1. The van der Waals surface area contributed by atoms with Gasteiger partial charge in [-0.2, -0.15) is 5.10 Å². The van der Waals surface area contributed by atoms with Crippen molar-refractivity contribution in [1.82, 2.24) is 9.78 Å². The molecule has 6 heteroatoms. The van der Waals surface area contributed by atoms with E-state index in [2.05, 4.69) is 11.2 Å². The van der Waals surface area contributed by atoms with Crippen LogP contribution >= 0.6 is 0 Å². The van der Waals surface area contributed by atoms with Crippen molar-refractivity contribution in [1.29, 1.82) is 0 Å². The molecule has 5 nitrogen and oxygen atoms in total. The second-order valence-corrected chi connectivity index (χ2v) is 8.18. The van der Waals surface area contributed by atoms with Crippen LogP contribution < -0.4 is 5.73 Å². The highest BCUT2D eigenvalue weighted by atomic mass is 32.2. The van der Waals surface area contributed by atoms with Crippen molar-refractivity contribution in [3.05, 3.63) is 30.0 Å². The van der Waals surface area contributed by atoms with Crippen LogP contribution in [-0.2, 0) is 23.3 Å². The predicted octanol–water partition coefficient (Wildman–Crippen LogP) is 1.13. The summed E-state index contributed by atoms with van der Waals surface area (Å²) < 4.78 is 25.2. The molecule has 0 spiro atoms. The van der Waals surface area contributed by atoms with Crippen LogP contribution in [-0.4, -0.2) is 36.2 Å². The number of hydrogen-bond donors (Lipinski definition) is 1. The lowest BCUT2D eigenvalue weighted by Gasteiger charge is -2.19. The lowest BCUT2D eigenvalue weighted by Crippen LogP contribution is -2.26. The maximum Gasteiger partial charge on any atom is 0.150 e. The molecule has 0 radical (unpaired) electrons. The molecule has 1 aromatic carbocycles. The van der Waals surface area contributed by atoms with E-state index >= 15 is 0 Å². The number of fused-ring (bicyclic) bond motifs is 1. The van der Waals surface area contributed by atoms with Crippen LogP contribution in [0.5, 0.6) is 0 Å². The van der Waals surface area contributed by atoms with E-state index in [0.29, 0.717) is 12.3 Å². The quantitative estimate of drug-likeness (QED) is 0.918. The summed E-state index contributed by atoms with van der Waals surface area (Å²) in [4.78, 5) is 0. The molecule has 21 heavy (non-hydrogen) atoms. The van der Waals surface area contributed by atoms with Crippen LogP contribution in [0.4, 0.5) is 0 Å². The lowest BCUT2D eigenvalue weighted by molar-refractivity contribution is 0.367. The van der Waals surface area contributed by atoms with Crippen molar-refractivity contribution in [3.8, 4) is 0 Å². The van der Waals surface area contributed by atoms with E-state index in [4.69, 9.17) is 5.73 Å². The van der Waals surface area contributed by atoms with Gasteiger partial charge >= 0.3 is 0 Å². The molecule has 0 saturated carbocycles. The fourth-order valence-electron chi connectivity index (χ4n) is 3.33. The van der Waals surface area contributed by atoms with E-state index < -0.39 is 9.84 Å². The monoisotopic (exact) mass is 307 g/mol. The Bertz CT molecular complexity index is 751. The Kier molecular flexibility index (Phi) is 3.75. The fraction of sp³-hybridized carbons (Fsp3) is 0.533. The van der Waals surface area contributed by atoms with Crippen molar-refractivity contribution in [2.45, 2.75) is 12.8 Å². The van der Waals surface area contributed by atoms with Gasteiger partial charge in [-0.1, -0.05) is 18.2 Å². The van der Waals surface area contributed by atoms with E-state index in [1.165, 1.54) is 0 Å². The number of benzene rings is 1. The van der Waals surface area contributed by atoms with Gasteiger partial charge in [0.15, 0.2) is 9.84 Å². The Hall–Kier alpha value is -1.40. The van der Waals surface area contributed by atoms with Gasteiger partial charge in [0.2, 0.25) is 0 Å². The maximum atomic E-state index is 11.7. The Balaban J connectivity index is 1.86. The first-order valence-corrected chi connectivity index (χ1v) is 9.13. The standard InChI is InChI=1S/C15H21N3O2S/c1-18-15-5-3-2-4-13(15)14(17-18)8-12(9-16)11-6-7-21(19,20)10-11/h2-5,11-12H,6-10,16H2,1H3. The first-order chi connectivity index (χ1) is 10.00. The van der Waals surface area contributed by atoms with Crippen molar-refractivity contribution < 1.29 is 8.42 Å². The summed E-state index contributed by atoms with van der Waals surface area (Å²) in [5.74, 6) is 0.929. The molecule has 2 N–H and O–H groups in total. The number of aryl methyl sites for hydroxylation is 1. The topological polar surface area (TPSA) is 78.0 Å². The number of aromatic nitrogens is 2. The molecule has 1 aliphatic heterocycles. The molecule has 1 aliphatic rings. The second-order valence-electron chi connectivity index (χ2n) is 5.95. The van der Waals surface area contributed by atoms with E-state index in [-0.39, 0.29) is 17.6 Å². The van der Waals surface area contributed by atoms with E-state index in [9.17, 15) is 8.42 Å². The van der Waals surface area contributed by atoms with Crippen LogP contribution in [0.3, 0.4) is 0 Å². The maximum absolute atomic E-state index is 11.7. The average molecular weight is 307 g/mol. The molecule has 0 bridgehead atoms. The molecule has 3 rings (SSSR count). The van der Waals surface area contributed by atoms with Gasteiger partial charge in [-0.15, -0.1) is 0 Å². The molecule has 2 atom stereocenters. The number of nitrogens with zero attached hydrogens (tertiary/aromatic N) is 2. The Morgan fingerprint density at radius 2 is 2.19 bits per heavy atom. The van der Waals surface area contributed by atoms with Crippen LogP contribution in [0.25, 0.3) is 10.9 Å². The summed E-state index contributed by atoms with van der Waals surface area (Å²) >= 11 is 0. The third kappa shape index (κ3) is 2.82. The van der Waals surface area contributed by atoms with Crippen molar-refractivity contribution in [2.75, 3.05) is 18.1 Å². The largest absolute Gasteiger partial charge is 0.330 e. The zero-order chi connectivity index (χ0) is 15.0. The van der Waals surface area contributed by atoms with Crippen LogP contribution in [0, 0.1) is 11.8 Å². The molecule has 0 aliphatic carbocycles. The SMILES string of the molecule is Cn1nc(CC(CN)C2CCS(=O)(=O)C2)c2ccccc21. The van der Waals surface area contributed by atoms with Gasteiger partial charge < -0.3 is 5.73 Å². The van der Waals surface area contributed by atoms with Gasteiger partial charge in [-0.25, -0.2) is 8.42 Å². The van der Waals surface area contributed by atoms with Gasteiger partial charge in [-0.3, -0.25) is 4.68 Å². The Labute approximate surface area is 125 Å². The van der Waals surface area contributed by atoms with E-state index in [0.717, 1.165) is 29.4 Å². The molecule has 2 heterocycles. The first kappa shape index (κ1) is 14.5. The summed E-state index contributed by atoms with van der Waals surface area (Å²) in [6, 6.07) is 8.11. The third-order valence-electron chi connectivity index (χ3n) is 4.53. The summed E-state index contributed by atoms with van der Waals surface area (Å²) in [5.41, 5.74) is 8.03. The summed E-state index contributed by atoms with van der Waals surface area (Å²) in [6.45, 7) is 0.505. The van der Waals surface area contributed by atoms with E-state index in [1.807, 2.05) is 29.9 Å². The van der Waals surface area contributed by atoms with Gasteiger partial charge in [0.1, 0.15) is 0 Å².